The van der Waals surface area contributed by atoms with Crippen LogP contribution in [0.2, 0.25) is 0 Å². The summed E-state index contributed by atoms with van der Waals surface area (Å²) in [5.41, 5.74) is 0. The molecular weight excluding hydrogens is 107 g/mol. The van der Waals surface area contributed by atoms with Crippen LogP contribution in [0.4, 0.5) is 0 Å². The van der Waals surface area contributed by atoms with E-state index in [4.69, 9.17) is 14.0 Å². The van der Waals surface area contributed by atoms with Gasteiger partial charge in [-0.05, 0) is 6.92 Å². The van der Waals surface area contributed by atoms with Crippen LogP contribution in [-0.2, 0) is 14.0 Å². The lowest BCUT2D eigenvalue weighted by molar-refractivity contribution is 0.188. The third kappa shape index (κ3) is 1.47. The van der Waals surface area contributed by atoms with Crippen LogP contribution in [0.1, 0.15) is 6.92 Å². The van der Waals surface area contributed by atoms with Gasteiger partial charge in [0.15, 0.2) is 0 Å². The average Bonchev–Trinajstić information content (AvgIpc) is 2.19. The maximum atomic E-state index is 4.96. The molecule has 0 unspecified atom stereocenters. The summed E-state index contributed by atoms with van der Waals surface area (Å²) in [5.74, 6) is 0. The van der Waals surface area contributed by atoms with Crippen LogP contribution in [0.25, 0.3) is 0 Å². The Kier molecular flexibility index (Phi) is 2.33. The summed E-state index contributed by atoms with van der Waals surface area (Å²) in [5, 5.41) is 0. The predicted octanol–water partition coefficient (Wildman–Crippen LogP) is 0.0546. The fraction of sp³-hybridized carbons (Fsp3) is 1.00. The Morgan fingerprint density at radius 3 is 2.62 bits per heavy atom. The molecule has 0 radical (unpaired) electrons. The van der Waals surface area contributed by atoms with Crippen LogP contribution < -0.4 is 0 Å². The van der Waals surface area contributed by atoms with Crippen molar-refractivity contribution in [3.05, 3.63) is 0 Å². The zero-order chi connectivity index (χ0) is 5.82. The number of rotatable bonds is 2. The van der Waals surface area contributed by atoms with Gasteiger partial charge in [-0.2, -0.15) is 0 Å². The second-order valence-corrected chi connectivity index (χ2v) is 1.49. The van der Waals surface area contributed by atoms with E-state index in [9.17, 15) is 0 Å². The van der Waals surface area contributed by atoms with Crippen LogP contribution in [-0.4, -0.2) is 27.1 Å². The van der Waals surface area contributed by atoms with Crippen molar-refractivity contribution in [1.29, 1.82) is 0 Å². The summed E-state index contributed by atoms with van der Waals surface area (Å²) >= 11 is 0. The van der Waals surface area contributed by atoms with E-state index in [1.807, 2.05) is 6.92 Å². The molecule has 0 aromatic heterocycles. The molecule has 3 nitrogen and oxygen atoms in total. The molecule has 1 aliphatic rings. The van der Waals surface area contributed by atoms with Gasteiger partial charge in [-0.1, -0.05) is 0 Å². The lowest BCUT2D eigenvalue weighted by Crippen LogP contribution is -2.18. The Balaban J connectivity index is 2.06. The first-order valence-corrected chi connectivity index (χ1v) is 2.78. The summed E-state index contributed by atoms with van der Waals surface area (Å²) in [6.45, 7) is 3.87. The van der Waals surface area contributed by atoms with Gasteiger partial charge in [-0.15, -0.1) is 0 Å². The molecule has 1 aliphatic heterocycles. The van der Waals surface area contributed by atoms with Gasteiger partial charge < -0.3 is 14.0 Å². The van der Waals surface area contributed by atoms with Crippen LogP contribution in [0.15, 0.2) is 0 Å². The van der Waals surface area contributed by atoms with Crippen molar-refractivity contribution in [2.45, 2.75) is 6.92 Å². The molecule has 0 N–H and O–H groups in total. The van der Waals surface area contributed by atoms with Crippen molar-refractivity contribution in [2.75, 3.05) is 19.8 Å². The molecule has 0 amide bonds. The summed E-state index contributed by atoms with van der Waals surface area (Å²) < 4.78 is 14.9. The first-order chi connectivity index (χ1) is 3.93. The van der Waals surface area contributed by atoms with Crippen molar-refractivity contribution in [3.63, 3.8) is 0 Å². The monoisotopic (exact) mass is 116 g/mol. The Bertz CT molecular complexity index is 62.3. The molecule has 1 saturated heterocycles. The van der Waals surface area contributed by atoms with E-state index in [0.29, 0.717) is 19.8 Å². The minimum Gasteiger partial charge on any atom is -0.386 e. The maximum absolute atomic E-state index is 4.96. The second-order valence-electron chi connectivity index (χ2n) is 1.49. The van der Waals surface area contributed by atoms with E-state index in [0.717, 1.165) is 0 Å². The van der Waals surface area contributed by atoms with Crippen LogP contribution in [0, 0.1) is 0 Å². The lowest BCUT2D eigenvalue weighted by atomic mass is 10.2. The van der Waals surface area contributed by atoms with Gasteiger partial charge in [0, 0.05) is 6.61 Å². The quantitative estimate of drug-likeness (QED) is 0.477. The molecule has 46 valence electrons. The highest BCUT2D eigenvalue weighted by molar-refractivity contribution is 6.36. The SMILES string of the molecule is CCOB1OCCO1. The summed E-state index contributed by atoms with van der Waals surface area (Å²) in [4.78, 5) is 0. The second kappa shape index (κ2) is 3.07. The highest BCUT2D eigenvalue weighted by Crippen LogP contribution is 1.98. The molecule has 1 rings (SSSR count). The molecule has 0 aromatic carbocycles. The molecule has 0 aromatic rings. The van der Waals surface area contributed by atoms with Crippen LogP contribution in [0.5, 0.6) is 0 Å². The summed E-state index contributed by atoms with van der Waals surface area (Å²) in [7, 11) is -0.389. The van der Waals surface area contributed by atoms with Crippen molar-refractivity contribution in [1.82, 2.24) is 0 Å². The van der Waals surface area contributed by atoms with Crippen molar-refractivity contribution in [3.8, 4) is 0 Å². The third-order valence-electron chi connectivity index (χ3n) is 0.894. The Labute approximate surface area is 49.1 Å². The van der Waals surface area contributed by atoms with E-state index in [2.05, 4.69) is 0 Å². The third-order valence-corrected chi connectivity index (χ3v) is 0.894. The molecule has 0 saturated carbocycles. The molecular formula is C4H9BO3. The van der Waals surface area contributed by atoms with Crippen molar-refractivity contribution < 1.29 is 14.0 Å². The van der Waals surface area contributed by atoms with Crippen molar-refractivity contribution >= 4 is 7.32 Å². The number of hydrogen-bond donors (Lipinski definition) is 0. The predicted molar refractivity (Wildman–Crippen MR) is 29.3 cm³/mol. The molecule has 0 atom stereocenters. The molecule has 0 aliphatic carbocycles. The van der Waals surface area contributed by atoms with Gasteiger partial charge in [-0.25, -0.2) is 0 Å². The highest BCUT2D eigenvalue weighted by Gasteiger charge is 2.25. The Morgan fingerprint density at radius 1 is 1.50 bits per heavy atom. The van der Waals surface area contributed by atoms with Gasteiger partial charge in [0.25, 0.3) is 0 Å². The fourth-order valence-corrected chi connectivity index (χ4v) is 0.569. The van der Waals surface area contributed by atoms with Crippen molar-refractivity contribution in [2.24, 2.45) is 0 Å². The molecule has 8 heavy (non-hydrogen) atoms. The first kappa shape index (κ1) is 6.07. The summed E-state index contributed by atoms with van der Waals surface area (Å²) in [6.07, 6.45) is 0. The number of hydrogen-bond acceptors (Lipinski definition) is 3. The average molecular weight is 116 g/mol. The normalized spacial score (nSPS) is 19.9. The molecule has 0 bridgehead atoms. The van der Waals surface area contributed by atoms with E-state index in [1.165, 1.54) is 0 Å². The standard InChI is InChI=1S/C4H9BO3/c1-2-6-5-7-3-4-8-5/h2-4H2,1H3. The van der Waals surface area contributed by atoms with E-state index >= 15 is 0 Å². The molecule has 4 heteroatoms. The van der Waals surface area contributed by atoms with Crippen LogP contribution >= 0.6 is 0 Å². The zero-order valence-corrected chi connectivity index (χ0v) is 4.92. The minimum atomic E-state index is -0.389. The van der Waals surface area contributed by atoms with Gasteiger partial charge in [0.2, 0.25) is 0 Å². The first-order valence-electron chi connectivity index (χ1n) is 2.78. The topological polar surface area (TPSA) is 27.7 Å². The Hall–Kier alpha value is -0.0551. The van der Waals surface area contributed by atoms with E-state index in [1.54, 1.807) is 0 Å². The van der Waals surface area contributed by atoms with E-state index in [-0.39, 0.29) is 7.32 Å². The van der Waals surface area contributed by atoms with Crippen LogP contribution in [0.3, 0.4) is 0 Å². The largest absolute Gasteiger partial charge is 0.639 e. The lowest BCUT2D eigenvalue weighted by Gasteiger charge is -1.99. The molecule has 1 fully saturated rings. The minimum absolute atomic E-state index is 0.389. The maximum Gasteiger partial charge on any atom is 0.639 e. The molecule has 1 heterocycles. The zero-order valence-electron chi connectivity index (χ0n) is 4.92. The summed E-state index contributed by atoms with van der Waals surface area (Å²) in [6, 6.07) is 0. The Morgan fingerprint density at radius 2 is 2.12 bits per heavy atom. The smallest absolute Gasteiger partial charge is 0.386 e. The molecule has 0 spiro atoms. The van der Waals surface area contributed by atoms with E-state index < -0.39 is 0 Å². The van der Waals surface area contributed by atoms with Gasteiger partial charge >= 0.3 is 7.32 Å². The van der Waals surface area contributed by atoms with Gasteiger partial charge in [-0.3, -0.25) is 0 Å². The van der Waals surface area contributed by atoms with Gasteiger partial charge in [0.05, 0.1) is 13.2 Å². The van der Waals surface area contributed by atoms with Gasteiger partial charge in [0.1, 0.15) is 0 Å². The fourth-order valence-electron chi connectivity index (χ4n) is 0.569. The highest BCUT2D eigenvalue weighted by atomic mass is 16.8.